The number of sulfonamides is 1. The second kappa shape index (κ2) is 8.27. The van der Waals surface area contributed by atoms with Crippen molar-refractivity contribution in [2.45, 2.75) is 18.7 Å². The van der Waals surface area contributed by atoms with Crippen molar-refractivity contribution in [3.63, 3.8) is 0 Å². The average molecular weight is 429 g/mol. The molecular formula is C22H21ClN2O3S. The number of hydrogen-bond acceptors (Lipinski definition) is 3. The standard InChI is InChI=1S/C22H21ClN2O3S/c1-15-9-10-16(2)20(13-15)24-29(27,28)21-14-17(11-12-19(21)23)22(26)25(3)18-7-5-4-6-8-18/h4-14,24H,1-3H3. The maximum atomic E-state index is 13.0. The highest BCUT2D eigenvalue weighted by Gasteiger charge is 2.22. The summed E-state index contributed by atoms with van der Waals surface area (Å²) in [5, 5.41) is 0.0433. The summed E-state index contributed by atoms with van der Waals surface area (Å²) in [6.07, 6.45) is 0. The number of anilines is 2. The molecule has 0 aliphatic heterocycles. The lowest BCUT2D eigenvalue weighted by atomic mass is 10.1. The normalized spacial score (nSPS) is 11.2. The predicted molar refractivity (Wildman–Crippen MR) is 117 cm³/mol. The molecule has 1 amide bonds. The van der Waals surface area contributed by atoms with Gasteiger partial charge in [-0.15, -0.1) is 0 Å². The minimum Gasteiger partial charge on any atom is -0.311 e. The van der Waals surface area contributed by atoms with E-state index in [2.05, 4.69) is 4.72 Å². The monoisotopic (exact) mass is 428 g/mol. The largest absolute Gasteiger partial charge is 0.311 e. The van der Waals surface area contributed by atoms with E-state index in [4.69, 9.17) is 11.6 Å². The molecule has 5 nitrogen and oxygen atoms in total. The highest BCUT2D eigenvalue weighted by molar-refractivity contribution is 7.92. The first kappa shape index (κ1) is 20.9. The number of nitrogens with one attached hydrogen (secondary N) is 1. The topological polar surface area (TPSA) is 66.5 Å². The molecule has 0 aromatic heterocycles. The molecule has 0 saturated carbocycles. The molecule has 0 spiro atoms. The van der Waals surface area contributed by atoms with Gasteiger partial charge in [-0.05, 0) is 61.4 Å². The van der Waals surface area contributed by atoms with Gasteiger partial charge in [0.05, 0.1) is 10.7 Å². The van der Waals surface area contributed by atoms with Crippen LogP contribution in [-0.2, 0) is 10.0 Å². The number of aryl methyl sites for hydroxylation is 2. The van der Waals surface area contributed by atoms with Gasteiger partial charge in [-0.2, -0.15) is 0 Å². The molecule has 0 bridgehead atoms. The molecule has 0 saturated heterocycles. The SMILES string of the molecule is Cc1ccc(C)c(NS(=O)(=O)c2cc(C(=O)N(C)c3ccccc3)ccc2Cl)c1. The molecule has 0 unspecified atom stereocenters. The van der Waals surface area contributed by atoms with Crippen molar-refractivity contribution in [2.24, 2.45) is 0 Å². The number of carbonyl (C=O) groups excluding carboxylic acids is 1. The number of para-hydroxylation sites is 1. The first-order chi connectivity index (χ1) is 13.7. The van der Waals surface area contributed by atoms with Crippen LogP contribution in [0.3, 0.4) is 0 Å². The molecule has 0 heterocycles. The summed E-state index contributed by atoms with van der Waals surface area (Å²) < 4.78 is 28.5. The maximum absolute atomic E-state index is 13.0. The lowest BCUT2D eigenvalue weighted by molar-refractivity contribution is 0.0993. The van der Waals surface area contributed by atoms with Crippen molar-refractivity contribution in [3.05, 3.63) is 88.4 Å². The van der Waals surface area contributed by atoms with Crippen molar-refractivity contribution in [2.75, 3.05) is 16.7 Å². The van der Waals surface area contributed by atoms with Gasteiger partial charge >= 0.3 is 0 Å². The summed E-state index contributed by atoms with van der Waals surface area (Å²) in [5.41, 5.74) is 3.10. The Morgan fingerprint density at radius 2 is 1.66 bits per heavy atom. The number of rotatable bonds is 5. The quantitative estimate of drug-likeness (QED) is 0.619. The van der Waals surface area contributed by atoms with Gasteiger partial charge in [-0.25, -0.2) is 8.42 Å². The van der Waals surface area contributed by atoms with E-state index in [-0.39, 0.29) is 21.4 Å². The highest BCUT2D eigenvalue weighted by Crippen LogP contribution is 2.27. The lowest BCUT2D eigenvalue weighted by Gasteiger charge is -2.18. The summed E-state index contributed by atoms with van der Waals surface area (Å²) in [6, 6.07) is 18.8. The van der Waals surface area contributed by atoms with Crippen LogP contribution in [0, 0.1) is 13.8 Å². The van der Waals surface area contributed by atoms with E-state index < -0.39 is 10.0 Å². The van der Waals surface area contributed by atoms with Crippen LogP contribution in [0.25, 0.3) is 0 Å². The third kappa shape index (κ3) is 4.60. The Bertz CT molecular complexity index is 1160. The molecule has 3 rings (SSSR count). The molecule has 0 aliphatic carbocycles. The molecule has 3 aromatic carbocycles. The zero-order valence-electron chi connectivity index (χ0n) is 16.3. The maximum Gasteiger partial charge on any atom is 0.263 e. The Balaban J connectivity index is 1.96. The fourth-order valence-corrected chi connectivity index (χ4v) is 4.50. The third-order valence-electron chi connectivity index (χ3n) is 4.55. The summed E-state index contributed by atoms with van der Waals surface area (Å²) in [6.45, 7) is 3.69. The molecular weight excluding hydrogens is 408 g/mol. The highest BCUT2D eigenvalue weighted by atomic mass is 35.5. The zero-order valence-corrected chi connectivity index (χ0v) is 17.9. The Morgan fingerprint density at radius 3 is 2.34 bits per heavy atom. The Kier molecular flexibility index (Phi) is 5.96. The first-order valence-electron chi connectivity index (χ1n) is 8.92. The Morgan fingerprint density at radius 1 is 0.966 bits per heavy atom. The number of amides is 1. The van der Waals surface area contributed by atoms with Gasteiger partial charge < -0.3 is 4.90 Å². The van der Waals surface area contributed by atoms with Crippen molar-refractivity contribution < 1.29 is 13.2 Å². The number of benzene rings is 3. The number of hydrogen-bond donors (Lipinski definition) is 1. The second-order valence-electron chi connectivity index (χ2n) is 6.77. The van der Waals surface area contributed by atoms with E-state index in [1.54, 1.807) is 25.2 Å². The van der Waals surface area contributed by atoms with E-state index in [0.717, 1.165) is 11.1 Å². The van der Waals surface area contributed by atoms with Crippen molar-refractivity contribution >= 4 is 38.9 Å². The molecule has 7 heteroatoms. The molecule has 0 atom stereocenters. The number of carbonyl (C=O) groups is 1. The van der Waals surface area contributed by atoms with Gasteiger partial charge in [0.1, 0.15) is 4.90 Å². The van der Waals surface area contributed by atoms with Crippen molar-refractivity contribution in [1.29, 1.82) is 0 Å². The smallest absolute Gasteiger partial charge is 0.263 e. The van der Waals surface area contributed by atoms with Gasteiger partial charge in [0, 0.05) is 18.3 Å². The zero-order chi connectivity index (χ0) is 21.2. The number of halogens is 1. The van der Waals surface area contributed by atoms with Gasteiger partial charge in [0.15, 0.2) is 0 Å². The lowest BCUT2D eigenvalue weighted by Crippen LogP contribution is -2.26. The van der Waals surface area contributed by atoms with Crippen LogP contribution in [-0.4, -0.2) is 21.4 Å². The summed E-state index contributed by atoms with van der Waals surface area (Å²) in [5.74, 6) is -0.337. The third-order valence-corrected chi connectivity index (χ3v) is 6.40. The first-order valence-corrected chi connectivity index (χ1v) is 10.8. The molecule has 0 aliphatic rings. The predicted octanol–water partition coefficient (Wildman–Crippen LogP) is 5.03. The average Bonchev–Trinajstić information content (AvgIpc) is 2.70. The summed E-state index contributed by atoms with van der Waals surface area (Å²) in [4.78, 5) is 14.2. The summed E-state index contributed by atoms with van der Waals surface area (Å²) in [7, 11) is -2.35. The minimum absolute atomic E-state index is 0.0433. The van der Waals surface area contributed by atoms with E-state index >= 15 is 0 Å². The summed E-state index contributed by atoms with van der Waals surface area (Å²) >= 11 is 6.18. The molecule has 3 aromatic rings. The van der Waals surface area contributed by atoms with Gasteiger partial charge in [0.2, 0.25) is 0 Å². The van der Waals surface area contributed by atoms with Crippen LogP contribution < -0.4 is 9.62 Å². The van der Waals surface area contributed by atoms with Crippen LogP contribution in [0.2, 0.25) is 5.02 Å². The van der Waals surface area contributed by atoms with Crippen LogP contribution in [0.5, 0.6) is 0 Å². The van der Waals surface area contributed by atoms with Crippen molar-refractivity contribution in [1.82, 2.24) is 0 Å². The fraction of sp³-hybridized carbons (Fsp3) is 0.136. The Hall–Kier alpha value is -2.83. The van der Waals surface area contributed by atoms with Gasteiger partial charge in [-0.1, -0.05) is 41.9 Å². The van der Waals surface area contributed by atoms with Crippen LogP contribution in [0.4, 0.5) is 11.4 Å². The second-order valence-corrected chi connectivity index (χ2v) is 8.83. The van der Waals surface area contributed by atoms with Crippen LogP contribution in [0.15, 0.2) is 71.6 Å². The van der Waals surface area contributed by atoms with Crippen LogP contribution in [0.1, 0.15) is 21.5 Å². The van der Waals surface area contributed by atoms with Crippen LogP contribution >= 0.6 is 11.6 Å². The molecule has 0 radical (unpaired) electrons. The Labute approximate surface area is 176 Å². The molecule has 0 fully saturated rings. The molecule has 1 N–H and O–H groups in total. The minimum atomic E-state index is -3.98. The van der Waals surface area contributed by atoms with E-state index in [0.29, 0.717) is 11.4 Å². The molecule has 150 valence electrons. The fourth-order valence-electron chi connectivity index (χ4n) is 2.85. The van der Waals surface area contributed by atoms with E-state index in [9.17, 15) is 13.2 Å². The molecule has 29 heavy (non-hydrogen) atoms. The van der Waals surface area contributed by atoms with Gasteiger partial charge in [0.25, 0.3) is 15.9 Å². The van der Waals surface area contributed by atoms with Crippen molar-refractivity contribution in [3.8, 4) is 0 Å². The number of nitrogens with zero attached hydrogens (tertiary/aromatic N) is 1. The van der Waals surface area contributed by atoms with E-state index in [1.807, 2.05) is 44.2 Å². The van der Waals surface area contributed by atoms with E-state index in [1.165, 1.54) is 23.1 Å². The van der Waals surface area contributed by atoms with Gasteiger partial charge in [-0.3, -0.25) is 9.52 Å².